The van der Waals surface area contributed by atoms with Gasteiger partial charge in [0.1, 0.15) is 5.76 Å². The molecule has 0 aliphatic carbocycles. The van der Waals surface area contributed by atoms with Crippen molar-refractivity contribution in [2.24, 2.45) is 5.18 Å². The molecule has 2 rings (SSSR count). The first-order valence-electron chi connectivity index (χ1n) is 8.30. The third kappa shape index (κ3) is 5.46. The Morgan fingerprint density at radius 2 is 1.38 bits per heavy atom. The van der Waals surface area contributed by atoms with Crippen molar-refractivity contribution < 1.29 is 29.6 Å². The molecule has 0 fully saturated rings. The summed E-state index contributed by atoms with van der Waals surface area (Å²) in [7, 11) is 2.78. The number of hydrogen-bond donors (Lipinski definition) is 3. The van der Waals surface area contributed by atoms with Crippen LogP contribution in [0.2, 0.25) is 0 Å². The second-order valence-corrected chi connectivity index (χ2v) is 5.72. The topological polar surface area (TPSA) is 126 Å². The number of benzene rings is 2. The number of nitrogens with zero attached hydrogens (tertiary/aromatic N) is 1. The summed E-state index contributed by atoms with van der Waals surface area (Å²) in [6.45, 7) is 0. The Balaban J connectivity index is 2.22. The Kier molecular flexibility index (Phi) is 7.14. The molecule has 0 aliphatic heterocycles. The van der Waals surface area contributed by atoms with E-state index in [1.807, 2.05) is 0 Å². The minimum absolute atomic E-state index is 0.0502. The number of hydrogen-bond acceptors (Lipinski definition) is 8. The number of carbonyl (C=O) groups is 1. The van der Waals surface area contributed by atoms with Crippen molar-refractivity contribution in [3.8, 4) is 23.0 Å². The van der Waals surface area contributed by atoms with Crippen LogP contribution in [-0.2, 0) is 4.79 Å². The standard InChI is InChI=1S/C21H19NO7/c1-28-19-11-13(3-7-15(19)23)5-9-17(25)21(22-27)18(26)10-6-14-4-8-16(24)20(12-14)29-2/h3-12,23-25H,1-2H3/b9-5+,10-6+,21-17+. The molecule has 0 saturated heterocycles. The molecule has 29 heavy (non-hydrogen) atoms. The average molecular weight is 397 g/mol. The zero-order valence-electron chi connectivity index (χ0n) is 15.7. The van der Waals surface area contributed by atoms with Crippen LogP contribution in [0.3, 0.4) is 0 Å². The average Bonchev–Trinajstić information content (AvgIpc) is 2.73. The number of aliphatic hydroxyl groups is 1. The summed E-state index contributed by atoms with van der Waals surface area (Å²) in [5.74, 6) is -1.08. The van der Waals surface area contributed by atoms with Gasteiger partial charge >= 0.3 is 0 Å². The van der Waals surface area contributed by atoms with E-state index in [1.54, 1.807) is 6.07 Å². The molecule has 8 nitrogen and oxygen atoms in total. The second kappa shape index (κ2) is 9.75. The number of methoxy groups -OCH3 is 2. The molecule has 0 radical (unpaired) electrons. The van der Waals surface area contributed by atoms with Gasteiger partial charge in [-0.1, -0.05) is 24.3 Å². The maximum atomic E-state index is 12.2. The lowest BCUT2D eigenvalue weighted by Crippen LogP contribution is -1.99. The Morgan fingerprint density at radius 3 is 1.83 bits per heavy atom. The van der Waals surface area contributed by atoms with Crippen LogP contribution in [0.1, 0.15) is 11.1 Å². The number of carbonyl (C=O) groups excluding carboxylic acids is 1. The lowest BCUT2D eigenvalue weighted by atomic mass is 10.1. The lowest BCUT2D eigenvalue weighted by Gasteiger charge is -2.04. The quantitative estimate of drug-likeness (QED) is 0.266. The van der Waals surface area contributed by atoms with Crippen LogP contribution >= 0.6 is 0 Å². The minimum atomic E-state index is -0.808. The number of nitroso groups, excluding NO2 is 1. The molecule has 0 aliphatic rings. The summed E-state index contributed by atoms with van der Waals surface area (Å²) in [6, 6.07) is 8.89. The molecule has 2 aromatic carbocycles. The van der Waals surface area contributed by atoms with E-state index in [2.05, 4.69) is 5.18 Å². The molecule has 150 valence electrons. The molecule has 3 N–H and O–H groups in total. The first-order chi connectivity index (χ1) is 13.9. The molecule has 2 aromatic rings. The number of rotatable bonds is 8. The van der Waals surface area contributed by atoms with Crippen molar-refractivity contribution in [2.45, 2.75) is 0 Å². The van der Waals surface area contributed by atoms with Crippen molar-refractivity contribution >= 4 is 17.9 Å². The van der Waals surface area contributed by atoms with Gasteiger partial charge in [-0.25, -0.2) is 0 Å². The lowest BCUT2D eigenvalue weighted by molar-refractivity contribution is -0.111. The third-order valence-corrected chi connectivity index (χ3v) is 3.84. The third-order valence-electron chi connectivity index (χ3n) is 3.84. The van der Waals surface area contributed by atoms with Gasteiger partial charge in [0.2, 0.25) is 5.78 Å². The largest absolute Gasteiger partial charge is 0.505 e. The van der Waals surface area contributed by atoms with Crippen molar-refractivity contribution in [3.05, 3.63) is 76.0 Å². The smallest absolute Gasteiger partial charge is 0.211 e. The number of aromatic hydroxyl groups is 2. The molecule has 8 heteroatoms. The highest BCUT2D eigenvalue weighted by Crippen LogP contribution is 2.28. The Labute approximate surface area is 166 Å². The fourth-order valence-corrected chi connectivity index (χ4v) is 2.32. The fourth-order valence-electron chi connectivity index (χ4n) is 2.32. The number of ketones is 1. The van der Waals surface area contributed by atoms with Gasteiger partial charge in [-0.2, -0.15) is 0 Å². The SMILES string of the molecule is COc1cc(/C=C/C(=O)/C(N=O)=C(O)/C=C/c2ccc(O)c(OC)c2)ccc1O. The Bertz CT molecular complexity index is 1010. The first-order valence-corrected chi connectivity index (χ1v) is 8.30. The zero-order valence-corrected chi connectivity index (χ0v) is 15.7. The van der Waals surface area contributed by atoms with Gasteiger partial charge < -0.3 is 24.8 Å². The van der Waals surface area contributed by atoms with Gasteiger partial charge in [-0.05, 0) is 52.7 Å². The van der Waals surface area contributed by atoms with Crippen LogP contribution in [0.25, 0.3) is 12.2 Å². The van der Waals surface area contributed by atoms with E-state index in [0.717, 1.165) is 12.2 Å². The van der Waals surface area contributed by atoms with Gasteiger partial charge in [-0.3, -0.25) is 4.79 Å². The molecule has 0 bridgehead atoms. The molecular weight excluding hydrogens is 378 g/mol. The summed E-state index contributed by atoms with van der Waals surface area (Å²) in [4.78, 5) is 23.2. The molecule has 0 spiro atoms. The van der Waals surface area contributed by atoms with Crippen molar-refractivity contribution in [3.63, 3.8) is 0 Å². The van der Waals surface area contributed by atoms with Crippen LogP contribution in [0.4, 0.5) is 0 Å². The minimum Gasteiger partial charge on any atom is -0.505 e. The molecule has 0 amide bonds. The van der Waals surface area contributed by atoms with Crippen LogP contribution < -0.4 is 9.47 Å². The van der Waals surface area contributed by atoms with Crippen LogP contribution in [0, 0.1) is 4.91 Å². The predicted molar refractivity (Wildman–Crippen MR) is 108 cm³/mol. The number of ether oxygens (including phenoxy) is 2. The van der Waals surface area contributed by atoms with E-state index < -0.39 is 17.2 Å². The summed E-state index contributed by atoms with van der Waals surface area (Å²) in [5.41, 5.74) is 0.411. The summed E-state index contributed by atoms with van der Waals surface area (Å²) >= 11 is 0. The van der Waals surface area contributed by atoms with Crippen LogP contribution in [0.15, 0.2) is 65.2 Å². The van der Waals surface area contributed by atoms with Gasteiger partial charge in [0.25, 0.3) is 0 Å². The van der Waals surface area contributed by atoms with E-state index in [4.69, 9.17) is 9.47 Å². The first kappa shape index (κ1) is 21.2. The fraction of sp³-hybridized carbons (Fsp3) is 0.0952. The van der Waals surface area contributed by atoms with Crippen molar-refractivity contribution in [1.29, 1.82) is 0 Å². The summed E-state index contributed by atoms with van der Waals surface area (Å²) < 4.78 is 9.96. The van der Waals surface area contributed by atoms with Gasteiger partial charge in [0.05, 0.1) is 14.2 Å². The summed E-state index contributed by atoms with van der Waals surface area (Å²) in [5, 5.41) is 31.8. The van der Waals surface area contributed by atoms with Gasteiger partial charge in [0.15, 0.2) is 28.7 Å². The maximum absolute atomic E-state index is 12.2. The predicted octanol–water partition coefficient (Wildman–Crippen LogP) is 3.95. The molecule has 0 unspecified atom stereocenters. The van der Waals surface area contributed by atoms with E-state index in [-0.39, 0.29) is 23.0 Å². The highest BCUT2D eigenvalue weighted by Gasteiger charge is 2.12. The maximum Gasteiger partial charge on any atom is 0.211 e. The molecular formula is C21H19NO7. The number of allylic oxidation sites excluding steroid dienone is 2. The number of phenols is 2. The van der Waals surface area contributed by atoms with Gasteiger partial charge in [-0.15, -0.1) is 4.91 Å². The highest BCUT2D eigenvalue weighted by molar-refractivity contribution is 6.06. The van der Waals surface area contributed by atoms with Crippen molar-refractivity contribution in [2.75, 3.05) is 14.2 Å². The summed E-state index contributed by atoms with van der Waals surface area (Å²) in [6.07, 6.45) is 5.01. The molecule has 0 heterocycles. The second-order valence-electron chi connectivity index (χ2n) is 5.72. The zero-order chi connectivity index (χ0) is 21.4. The Hall–Kier alpha value is -4.07. The monoisotopic (exact) mass is 397 g/mol. The van der Waals surface area contributed by atoms with Gasteiger partial charge in [0, 0.05) is 0 Å². The molecule has 0 atom stereocenters. The Morgan fingerprint density at radius 1 is 0.897 bits per heavy atom. The van der Waals surface area contributed by atoms with Crippen LogP contribution in [-0.4, -0.2) is 35.3 Å². The van der Waals surface area contributed by atoms with Crippen molar-refractivity contribution in [1.82, 2.24) is 0 Å². The van der Waals surface area contributed by atoms with E-state index in [1.165, 1.54) is 56.7 Å². The van der Waals surface area contributed by atoms with Crippen LogP contribution in [0.5, 0.6) is 23.0 Å². The normalized spacial score (nSPS) is 12.1. The van der Waals surface area contributed by atoms with E-state index in [0.29, 0.717) is 11.1 Å². The number of phenolic OH excluding ortho intramolecular Hbond substituents is 2. The van der Waals surface area contributed by atoms with E-state index >= 15 is 0 Å². The van der Waals surface area contributed by atoms with E-state index in [9.17, 15) is 25.0 Å². The molecule has 0 aromatic heterocycles. The number of aliphatic hydroxyl groups excluding tert-OH is 1. The highest BCUT2D eigenvalue weighted by atomic mass is 16.5. The molecule has 0 saturated carbocycles.